The van der Waals surface area contributed by atoms with Crippen LogP contribution in [0.15, 0.2) is 67.0 Å². The normalized spacial score (nSPS) is 10.6. The highest BCUT2D eigenvalue weighted by Crippen LogP contribution is 2.27. The van der Waals surface area contributed by atoms with Gasteiger partial charge in [0, 0.05) is 18.2 Å². The van der Waals surface area contributed by atoms with Crippen LogP contribution in [0.2, 0.25) is 0 Å². The number of nitriles is 1. The van der Waals surface area contributed by atoms with E-state index in [4.69, 9.17) is 4.74 Å². The standard InChI is InChI=1S/C26H24N4O/c1-3-31-25-14-21(10-11-22(25)16-27)24-15-26(30-17-29-24)28-13-12-19-8-9-20-6-4-5-7-23(20)18(19)2/h4-11,14-15,17H,3,12-13H2,1-2H3,(H,28,29,30). The average molecular weight is 409 g/mol. The molecule has 1 N–H and O–H groups in total. The van der Waals surface area contributed by atoms with Crippen LogP contribution in [-0.4, -0.2) is 23.1 Å². The molecule has 4 aromatic rings. The first-order valence-corrected chi connectivity index (χ1v) is 10.4. The molecular formula is C26H24N4O. The van der Waals surface area contributed by atoms with E-state index in [1.165, 1.54) is 21.9 Å². The molecule has 0 saturated carbocycles. The molecule has 0 bridgehead atoms. The van der Waals surface area contributed by atoms with E-state index >= 15 is 0 Å². The van der Waals surface area contributed by atoms with Crippen molar-refractivity contribution in [1.29, 1.82) is 5.26 Å². The smallest absolute Gasteiger partial charge is 0.137 e. The Labute approximate surface area is 182 Å². The summed E-state index contributed by atoms with van der Waals surface area (Å²) >= 11 is 0. The number of benzene rings is 3. The van der Waals surface area contributed by atoms with E-state index in [0.29, 0.717) is 17.9 Å². The van der Waals surface area contributed by atoms with E-state index in [0.717, 1.165) is 30.0 Å². The second-order valence-corrected chi connectivity index (χ2v) is 7.29. The minimum absolute atomic E-state index is 0.503. The van der Waals surface area contributed by atoms with E-state index < -0.39 is 0 Å². The molecule has 154 valence electrons. The van der Waals surface area contributed by atoms with Gasteiger partial charge in [0.05, 0.1) is 17.9 Å². The number of fused-ring (bicyclic) bond motifs is 1. The Kier molecular flexibility index (Phi) is 6.09. The molecule has 0 amide bonds. The summed E-state index contributed by atoms with van der Waals surface area (Å²) in [6, 6.07) is 22.4. The average Bonchev–Trinajstić information content (AvgIpc) is 2.81. The molecule has 0 fully saturated rings. The zero-order valence-corrected chi connectivity index (χ0v) is 17.7. The largest absolute Gasteiger partial charge is 0.492 e. The van der Waals surface area contributed by atoms with Crippen molar-refractivity contribution in [3.8, 4) is 23.1 Å². The predicted octanol–water partition coefficient (Wildman–Crippen LogP) is 5.53. The SMILES string of the molecule is CCOc1cc(-c2cc(NCCc3ccc4ccccc4c3C)ncn2)ccc1C#N. The third-order valence-corrected chi connectivity index (χ3v) is 5.38. The van der Waals surface area contributed by atoms with Crippen molar-refractivity contribution in [2.45, 2.75) is 20.3 Å². The molecule has 0 saturated heterocycles. The topological polar surface area (TPSA) is 70.8 Å². The molecule has 5 heteroatoms. The molecular weight excluding hydrogens is 384 g/mol. The van der Waals surface area contributed by atoms with Gasteiger partial charge in [0.2, 0.25) is 0 Å². The van der Waals surface area contributed by atoms with Crippen molar-refractivity contribution < 1.29 is 4.74 Å². The Bertz CT molecular complexity index is 1260. The summed E-state index contributed by atoms with van der Waals surface area (Å²) in [6.07, 6.45) is 2.46. The monoisotopic (exact) mass is 408 g/mol. The quantitative estimate of drug-likeness (QED) is 0.435. The Morgan fingerprint density at radius 3 is 2.74 bits per heavy atom. The summed E-state index contributed by atoms with van der Waals surface area (Å²) in [4.78, 5) is 8.75. The number of nitrogens with one attached hydrogen (secondary N) is 1. The zero-order valence-electron chi connectivity index (χ0n) is 17.7. The fourth-order valence-corrected chi connectivity index (χ4v) is 3.73. The van der Waals surface area contributed by atoms with Crippen LogP contribution in [0.1, 0.15) is 23.6 Å². The van der Waals surface area contributed by atoms with Crippen LogP contribution >= 0.6 is 0 Å². The number of nitrogens with zero attached hydrogens (tertiary/aromatic N) is 3. The molecule has 1 aromatic heterocycles. The van der Waals surface area contributed by atoms with Gasteiger partial charge in [-0.05, 0) is 54.3 Å². The van der Waals surface area contributed by atoms with Crippen molar-refractivity contribution in [1.82, 2.24) is 9.97 Å². The van der Waals surface area contributed by atoms with Crippen molar-refractivity contribution in [3.05, 3.63) is 83.7 Å². The van der Waals surface area contributed by atoms with E-state index in [2.05, 4.69) is 64.7 Å². The van der Waals surface area contributed by atoms with Gasteiger partial charge in [0.15, 0.2) is 0 Å². The molecule has 31 heavy (non-hydrogen) atoms. The molecule has 0 unspecified atom stereocenters. The van der Waals surface area contributed by atoms with Crippen LogP contribution in [0.5, 0.6) is 5.75 Å². The Morgan fingerprint density at radius 2 is 1.90 bits per heavy atom. The molecule has 0 spiro atoms. The molecule has 0 radical (unpaired) electrons. The highest BCUT2D eigenvalue weighted by Gasteiger charge is 2.09. The lowest BCUT2D eigenvalue weighted by atomic mass is 9.98. The van der Waals surface area contributed by atoms with Gasteiger partial charge >= 0.3 is 0 Å². The third kappa shape index (κ3) is 4.49. The fourth-order valence-electron chi connectivity index (χ4n) is 3.73. The summed E-state index contributed by atoms with van der Waals surface area (Å²) in [6.45, 7) is 5.36. The number of aromatic nitrogens is 2. The zero-order chi connectivity index (χ0) is 21.6. The minimum Gasteiger partial charge on any atom is -0.492 e. The summed E-state index contributed by atoms with van der Waals surface area (Å²) in [7, 11) is 0. The summed E-state index contributed by atoms with van der Waals surface area (Å²) in [5, 5.41) is 15.2. The van der Waals surface area contributed by atoms with Gasteiger partial charge < -0.3 is 10.1 Å². The van der Waals surface area contributed by atoms with Crippen LogP contribution in [0.3, 0.4) is 0 Å². The number of hydrogen-bond acceptors (Lipinski definition) is 5. The van der Waals surface area contributed by atoms with Gasteiger partial charge in [-0.2, -0.15) is 5.26 Å². The van der Waals surface area contributed by atoms with E-state index in [1.807, 2.05) is 25.1 Å². The van der Waals surface area contributed by atoms with Crippen molar-refractivity contribution in [2.75, 3.05) is 18.5 Å². The Hall–Kier alpha value is -3.91. The first-order chi connectivity index (χ1) is 15.2. The molecule has 0 atom stereocenters. The van der Waals surface area contributed by atoms with Gasteiger partial charge in [-0.15, -0.1) is 0 Å². The third-order valence-electron chi connectivity index (χ3n) is 5.38. The van der Waals surface area contributed by atoms with Crippen LogP contribution in [0.4, 0.5) is 5.82 Å². The second-order valence-electron chi connectivity index (χ2n) is 7.29. The van der Waals surface area contributed by atoms with Crippen molar-refractivity contribution >= 4 is 16.6 Å². The van der Waals surface area contributed by atoms with Gasteiger partial charge in [0.25, 0.3) is 0 Å². The fraction of sp³-hybridized carbons (Fsp3) is 0.192. The number of hydrogen-bond donors (Lipinski definition) is 1. The number of rotatable bonds is 7. The molecule has 0 aliphatic rings. The van der Waals surface area contributed by atoms with Crippen molar-refractivity contribution in [3.63, 3.8) is 0 Å². The van der Waals surface area contributed by atoms with Gasteiger partial charge in [-0.3, -0.25) is 0 Å². The summed E-state index contributed by atoms with van der Waals surface area (Å²) < 4.78 is 5.59. The maximum Gasteiger partial charge on any atom is 0.137 e. The highest BCUT2D eigenvalue weighted by molar-refractivity contribution is 5.86. The number of aryl methyl sites for hydroxylation is 1. The Balaban J connectivity index is 1.48. The first kappa shape index (κ1) is 20.4. The lowest BCUT2D eigenvalue weighted by Gasteiger charge is -2.11. The lowest BCUT2D eigenvalue weighted by molar-refractivity contribution is 0.339. The van der Waals surface area contributed by atoms with Crippen LogP contribution in [0.25, 0.3) is 22.0 Å². The number of anilines is 1. The lowest BCUT2D eigenvalue weighted by Crippen LogP contribution is -2.07. The molecule has 0 aliphatic carbocycles. The summed E-state index contributed by atoms with van der Waals surface area (Å²) in [5.74, 6) is 1.34. The molecule has 4 rings (SSSR count). The van der Waals surface area contributed by atoms with Crippen molar-refractivity contribution in [2.24, 2.45) is 0 Å². The van der Waals surface area contributed by atoms with E-state index in [9.17, 15) is 5.26 Å². The van der Waals surface area contributed by atoms with E-state index in [1.54, 1.807) is 12.4 Å². The maximum atomic E-state index is 9.25. The molecule has 5 nitrogen and oxygen atoms in total. The maximum absolute atomic E-state index is 9.25. The van der Waals surface area contributed by atoms with Gasteiger partial charge in [-0.1, -0.05) is 42.5 Å². The minimum atomic E-state index is 0.503. The number of ether oxygens (including phenoxy) is 1. The van der Waals surface area contributed by atoms with E-state index in [-0.39, 0.29) is 0 Å². The predicted molar refractivity (Wildman–Crippen MR) is 124 cm³/mol. The van der Waals surface area contributed by atoms with Gasteiger partial charge in [-0.25, -0.2) is 9.97 Å². The molecule has 0 aliphatic heterocycles. The highest BCUT2D eigenvalue weighted by atomic mass is 16.5. The molecule has 1 heterocycles. The van der Waals surface area contributed by atoms with Gasteiger partial charge in [0.1, 0.15) is 24.0 Å². The van der Waals surface area contributed by atoms with Crippen LogP contribution < -0.4 is 10.1 Å². The van der Waals surface area contributed by atoms with Crippen LogP contribution in [-0.2, 0) is 6.42 Å². The first-order valence-electron chi connectivity index (χ1n) is 10.4. The van der Waals surface area contributed by atoms with Crippen LogP contribution in [0, 0.1) is 18.3 Å². The Morgan fingerprint density at radius 1 is 1.03 bits per heavy atom. The second kappa shape index (κ2) is 9.27. The summed E-state index contributed by atoms with van der Waals surface area (Å²) in [5.41, 5.74) is 4.84. The molecule has 3 aromatic carbocycles.